The van der Waals surface area contributed by atoms with Crippen LogP contribution in [0.4, 0.5) is 8.78 Å². The number of ether oxygens (including phenoxy) is 1. The van der Waals surface area contributed by atoms with Crippen molar-refractivity contribution in [1.29, 1.82) is 0 Å². The van der Waals surface area contributed by atoms with Crippen LogP contribution in [0, 0.1) is 18.6 Å². The van der Waals surface area contributed by atoms with E-state index in [4.69, 9.17) is 4.74 Å². The molecule has 0 radical (unpaired) electrons. The van der Waals surface area contributed by atoms with E-state index in [0.717, 1.165) is 36.9 Å². The summed E-state index contributed by atoms with van der Waals surface area (Å²) in [5.41, 5.74) is 2.96. The molecule has 3 atom stereocenters. The molecular formula is C28H35F2NO3. The zero-order valence-electron chi connectivity index (χ0n) is 20.3. The number of allylic oxidation sites excluding steroid dienone is 1. The quantitative estimate of drug-likeness (QED) is 0.445. The Morgan fingerprint density at radius 2 is 2.06 bits per heavy atom. The molecule has 1 aliphatic rings. The van der Waals surface area contributed by atoms with Crippen LogP contribution in [0.2, 0.25) is 0 Å². The van der Waals surface area contributed by atoms with Crippen LogP contribution in [-0.2, 0) is 16.0 Å². The topological polar surface area (TPSA) is 49.8 Å². The fourth-order valence-corrected chi connectivity index (χ4v) is 4.42. The van der Waals surface area contributed by atoms with Crippen LogP contribution >= 0.6 is 0 Å². The zero-order valence-corrected chi connectivity index (χ0v) is 20.3. The number of likely N-dealkylation sites (tertiary alicyclic amines) is 1. The lowest BCUT2D eigenvalue weighted by atomic mass is 10.0. The monoisotopic (exact) mass is 471 g/mol. The molecule has 1 fully saturated rings. The molecule has 1 aliphatic heterocycles. The Morgan fingerprint density at radius 3 is 2.79 bits per heavy atom. The fourth-order valence-electron chi connectivity index (χ4n) is 4.42. The van der Waals surface area contributed by atoms with Crippen molar-refractivity contribution >= 4 is 11.9 Å². The van der Waals surface area contributed by atoms with Crippen molar-refractivity contribution in [1.82, 2.24) is 4.90 Å². The number of carbonyl (C=O) groups is 1. The highest BCUT2D eigenvalue weighted by molar-refractivity contribution is 5.93. The lowest BCUT2D eigenvalue weighted by molar-refractivity contribution is -0.114. The van der Waals surface area contributed by atoms with Crippen LogP contribution in [0.3, 0.4) is 0 Å². The number of aliphatic hydroxyl groups excluding tert-OH is 1. The number of carbonyl (C=O) groups excluding carboxylic acids is 1. The Hall–Kier alpha value is -2.41. The fraction of sp³-hybridized carbons (Fsp3) is 0.464. The summed E-state index contributed by atoms with van der Waals surface area (Å²) in [5, 5.41) is 10.6. The van der Waals surface area contributed by atoms with Gasteiger partial charge in [0.25, 0.3) is 0 Å². The lowest BCUT2D eigenvalue weighted by Gasteiger charge is -2.27. The number of hydrogen-bond acceptors (Lipinski definition) is 4. The van der Waals surface area contributed by atoms with E-state index in [9.17, 15) is 18.7 Å². The summed E-state index contributed by atoms with van der Waals surface area (Å²) in [5.74, 6) is -0.569. The number of nitrogens with zero attached hydrogens (tertiary/aromatic N) is 1. The number of aryl methyl sites for hydroxylation is 1. The van der Waals surface area contributed by atoms with Gasteiger partial charge in [0.15, 0.2) is 5.78 Å². The summed E-state index contributed by atoms with van der Waals surface area (Å²) >= 11 is 0. The molecular weight excluding hydrogens is 436 g/mol. The van der Waals surface area contributed by atoms with E-state index in [1.54, 1.807) is 32.1 Å². The Morgan fingerprint density at radius 1 is 1.26 bits per heavy atom. The van der Waals surface area contributed by atoms with Crippen molar-refractivity contribution in [3.05, 3.63) is 76.4 Å². The molecule has 6 heteroatoms. The average Bonchev–Trinajstić information content (AvgIpc) is 3.24. The molecule has 0 aliphatic carbocycles. The molecule has 1 heterocycles. The highest BCUT2D eigenvalue weighted by Crippen LogP contribution is 2.25. The molecule has 2 aromatic rings. The number of rotatable bonds is 11. The van der Waals surface area contributed by atoms with Crippen LogP contribution in [0.15, 0.2) is 42.5 Å². The minimum atomic E-state index is -0.702. The van der Waals surface area contributed by atoms with Crippen LogP contribution in [0.25, 0.3) is 6.08 Å². The molecule has 1 saturated heterocycles. The molecule has 0 bridgehead atoms. The minimum Gasteiger partial charge on any atom is -0.389 e. The Bertz CT molecular complexity index is 1010. The van der Waals surface area contributed by atoms with Crippen LogP contribution in [0.5, 0.6) is 0 Å². The van der Waals surface area contributed by atoms with Gasteiger partial charge in [0, 0.05) is 19.0 Å². The molecule has 0 amide bonds. The molecule has 184 valence electrons. The number of ketones is 1. The van der Waals surface area contributed by atoms with Crippen LogP contribution in [0.1, 0.15) is 61.5 Å². The van der Waals surface area contributed by atoms with Gasteiger partial charge in [-0.1, -0.05) is 31.2 Å². The van der Waals surface area contributed by atoms with E-state index >= 15 is 0 Å². The van der Waals surface area contributed by atoms with Gasteiger partial charge in [-0.2, -0.15) is 0 Å². The average molecular weight is 472 g/mol. The standard InChI is InChI=1S/C28H35F2NO3/c1-4-25(32)12-10-22-9-11-23(29)16-27(22)20(3)34-18-26(33)17-31-13-5-6-24(31)14-21-8-7-19(2)28(30)15-21/h7-12,15-16,20,24,26,33H,4-6,13-14,17-18H2,1-3H3/b12-10+/t20-,24+,26-/m1/s1. The van der Waals surface area contributed by atoms with E-state index in [-0.39, 0.29) is 30.1 Å². The van der Waals surface area contributed by atoms with Gasteiger partial charge in [0.2, 0.25) is 0 Å². The molecule has 4 nitrogen and oxygen atoms in total. The Balaban J connectivity index is 1.56. The highest BCUT2D eigenvalue weighted by Gasteiger charge is 2.27. The van der Waals surface area contributed by atoms with Crippen molar-refractivity contribution in [3.8, 4) is 0 Å². The van der Waals surface area contributed by atoms with E-state index in [1.165, 1.54) is 18.2 Å². The number of aliphatic hydroxyl groups is 1. The molecule has 1 N–H and O–H groups in total. The Kier molecular flexibility index (Phi) is 9.51. The van der Waals surface area contributed by atoms with E-state index in [0.29, 0.717) is 24.1 Å². The third-order valence-electron chi connectivity index (χ3n) is 6.47. The second-order valence-corrected chi connectivity index (χ2v) is 9.13. The van der Waals surface area contributed by atoms with Gasteiger partial charge in [-0.15, -0.1) is 0 Å². The van der Waals surface area contributed by atoms with Crippen molar-refractivity contribution in [2.75, 3.05) is 19.7 Å². The van der Waals surface area contributed by atoms with Gasteiger partial charge in [0.05, 0.1) is 18.8 Å². The molecule has 34 heavy (non-hydrogen) atoms. The van der Waals surface area contributed by atoms with Gasteiger partial charge in [-0.05, 0) is 86.2 Å². The summed E-state index contributed by atoms with van der Waals surface area (Å²) in [6.45, 7) is 6.81. The van der Waals surface area contributed by atoms with Gasteiger partial charge < -0.3 is 9.84 Å². The minimum absolute atomic E-state index is 0.00666. The first-order valence-corrected chi connectivity index (χ1v) is 12.1. The molecule has 0 spiro atoms. The molecule has 3 rings (SSSR count). The predicted octanol–water partition coefficient (Wildman–Crippen LogP) is 5.41. The lowest BCUT2D eigenvalue weighted by Crippen LogP contribution is -2.39. The number of hydrogen-bond donors (Lipinski definition) is 1. The smallest absolute Gasteiger partial charge is 0.155 e. The molecule has 0 unspecified atom stereocenters. The van der Waals surface area contributed by atoms with Crippen molar-refractivity contribution < 1.29 is 23.4 Å². The first kappa shape index (κ1) is 26.2. The second-order valence-electron chi connectivity index (χ2n) is 9.13. The number of benzene rings is 2. The number of β-amino-alcohol motifs (C(OH)–C–C–N with tert-alkyl or cyclic N) is 1. The molecule has 0 saturated carbocycles. The molecule has 2 aromatic carbocycles. The normalized spacial score (nSPS) is 18.5. The summed E-state index contributed by atoms with van der Waals surface area (Å²) in [6.07, 6.45) is 5.22. The largest absolute Gasteiger partial charge is 0.389 e. The first-order valence-electron chi connectivity index (χ1n) is 12.1. The summed E-state index contributed by atoms with van der Waals surface area (Å²) < 4.78 is 33.7. The first-order chi connectivity index (χ1) is 16.3. The Labute approximate surface area is 201 Å². The van der Waals surface area contributed by atoms with Crippen molar-refractivity contribution in [3.63, 3.8) is 0 Å². The maximum atomic E-state index is 13.9. The van der Waals surface area contributed by atoms with Crippen LogP contribution < -0.4 is 0 Å². The number of halogens is 2. The second kappa shape index (κ2) is 12.3. The van der Waals surface area contributed by atoms with Crippen molar-refractivity contribution in [2.45, 2.75) is 64.7 Å². The third-order valence-corrected chi connectivity index (χ3v) is 6.47. The van der Waals surface area contributed by atoms with Crippen molar-refractivity contribution in [2.24, 2.45) is 0 Å². The maximum absolute atomic E-state index is 13.9. The van der Waals surface area contributed by atoms with Crippen LogP contribution in [-0.4, -0.2) is 47.6 Å². The summed E-state index contributed by atoms with van der Waals surface area (Å²) in [7, 11) is 0. The summed E-state index contributed by atoms with van der Waals surface area (Å²) in [4.78, 5) is 13.9. The van der Waals surface area contributed by atoms with E-state index in [1.807, 2.05) is 19.1 Å². The highest BCUT2D eigenvalue weighted by atomic mass is 19.1. The summed E-state index contributed by atoms with van der Waals surface area (Å²) in [6, 6.07) is 10.0. The van der Waals surface area contributed by atoms with Gasteiger partial charge in [-0.3, -0.25) is 9.69 Å². The predicted molar refractivity (Wildman–Crippen MR) is 131 cm³/mol. The van der Waals surface area contributed by atoms with E-state index < -0.39 is 12.2 Å². The zero-order chi connectivity index (χ0) is 24.7. The van der Waals surface area contributed by atoms with E-state index in [2.05, 4.69) is 4.90 Å². The SMILES string of the molecule is CCC(=O)/C=C/c1ccc(F)cc1[C@@H](C)OC[C@H](O)CN1CCC[C@H]1Cc1ccc(C)c(F)c1. The van der Waals surface area contributed by atoms with Gasteiger partial charge in [-0.25, -0.2) is 8.78 Å². The van der Waals surface area contributed by atoms with Gasteiger partial charge in [0.1, 0.15) is 11.6 Å². The third kappa shape index (κ3) is 7.29. The maximum Gasteiger partial charge on any atom is 0.155 e. The van der Waals surface area contributed by atoms with Gasteiger partial charge >= 0.3 is 0 Å². The molecule has 0 aromatic heterocycles.